The van der Waals surface area contributed by atoms with Crippen molar-refractivity contribution in [1.29, 1.82) is 0 Å². The van der Waals surface area contributed by atoms with Crippen LogP contribution in [0.1, 0.15) is 17.5 Å². The molecule has 3 rings (SSSR count). The van der Waals surface area contributed by atoms with Gasteiger partial charge in [0.15, 0.2) is 11.5 Å². The van der Waals surface area contributed by atoms with Crippen LogP contribution in [0.2, 0.25) is 0 Å². The molecule has 1 aromatic heterocycles. The minimum Gasteiger partial charge on any atom is -0.458 e. The van der Waals surface area contributed by atoms with E-state index in [9.17, 15) is 40.5 Å². The molecule has 0 radical (unpaired) electrons. The first-order valence-electron chi connectivity index (χ1n) is 10.4. The minimum absolute atomic E-state index is 0.00718. The highest BCUT2D eigenvalue weighted by Gasteiger charge is 2.47. The van der Waals surface area contributed by atoms with Crippen LogP contribution in [-0.4, -0.2) is 123 Å². The minimum atomic E-state index is -1.57. The summed E-state index contributed by atoms with van der Waals surface area (Å²) in [5.74, 6) is -1.41. The lowest BCUT2D eigenvalue weighted by molar-refractivity contribution is -0.273. The summed E-state index contributed by atoms with van der Waals surface area (Å²) < 4.78 is 26.9. The number of hydrogen-bond acceptors (Lipinski definition) is 13. The SMILES string of the molecule is CC(=O)c1occc1OC1OC(CO)C(COCC2OC(CO)C(O)C(O)C2O)C(O)C1O. The van der Waals surface area contributed by atoms with Crippen LogP contribution in [0.25, 0.3) is 0 Å². The third-order valence-electron chi connectivity index (χ3n) is 5.81. The molecule has 10 atom stereocenters. The van der Waals surface area contributed by atoms with Crippen molar-refractivity contribution in [3.8, 4) is 5.75 Å². The summed E-state index contributed by atoms with van der Waals surface area (Å²) in [6, 6.07) is 1.35. The number of rotatable bonds is 9. The average molecular weight is 478 g/mol. The number of ether oxygens (including phenoxy) is 4. The predicted octanol–water partition coefficient (Wildman–Crippen LogP) is -3.22. The Hall–Kier alpha value is -1.65. The Morgan fingerprint density at radius 3 is 2.18 bits per heavy atom. The van der Waals surface area contributed by atoms with Crippen molar-refractivity contribution in [3.63, 3.8) is 0 Å². The Kier molecular flexibility index (Phi) is 8.80. The zero-order valence-corrected chi connectivity index (χ0v) is 17.8. The van der Waals surface area contributed by atoms with Gasteiger partial charge >= 0.3 is 0 Å². The van der Waals surface area contributed by atoms with E-state index in [1.165, 1.54) is 19.3 Å². The van der Waals surface area contributed by atoms with Gasteiger partial charge < -0.3 is 59.1 Å². The fourth-order valence-electron chi connectivity index (χ4n) is 3.88. The van der Waals surface area contributed by atoms with Crippen molar-refractivity contribution in [1.82, 2.24) is 0 Å². The second-order valence-electron chi connectivity index (χ2n) is 8.06. The molecular formula is C20H30O13. The molecule has 0 bridgehead atoms. The van der Waals surface area contributed by atoms with Gasteiger partial charge in [0.05, 0.1) is 44.9 Å². The number of ketones is 1. The highest BCUT2D eigenvalue weighted by Crippen LogP contribution is 2.31. The second kappa shape index (κ2) is 11.2. The van der Waals surface area contributed by atoms with Crippen LogP contribution in [0.3, 0.4) is 0 Å². The molecule has 2 aliphatic heterocycles. The van der Waals surface area contributed by atoms with Gasteiger partial charge in [0.25, 0.3) is 0 Å². The lowest BCUT2D eigenvalue weighted by Gasteiger charge is -2.42. The number of furan rings is 1. The fraction of sp³-hybridized carbons (Fsp3) is 0.750. The van der Waals surface area contributed by atoms with E-state index in [0.717, 1.165) is 0 Å². The van der Waals surface area contributed by atoms with Gasteiger partial charge in [0, 0.05) is 18.9 Å². The van der Waals surface area contributed by atoms with Gasteiger partial charge in [-0.2, -0.15) is 0 Å². The first-order chi connectivity index (χ1) is 15.7. The number of carbonyl (C=O) groups excluding carboxylic acids is 1. The maximum atomic E-state index is 11.6. The molecule has 7 N–H and O–H groups in total. The molecule has 2 saturated heterocycles. The van der Waals surface area contributed by atoms with Crippen molar-refractivity contribution in [2.45, 2.75) is 62.0 Å². The lowest BCUT2D eigenvalue weighted by Crippen LogP contribution is -2.60. The molecule has 3 heterocycles. The summed E-state index contributed by atoms with van der Waals surface area (Å²) in [6.45, 7) is -0.398. The van der Waals surface area contributed by atoms with E-state index >= 15 is 0 Å². The van der Waals surface area contributed by atoms with Crippen LogP contribution in [0.4, 0.5) is 0 Å². The zero-order valence-electron chi connectivity index (χ0n) is 17.8. The van der Waals surface area contributed by atoms with Gasteiger partial charge in [-0.3, -0.25) is 4.79 Å². The smallest absolute Gasteiger partial charge is 0.229 e. The number of carbonyl (C=O) groups is 1. The van der Waals surface area contributed by atoms with E-state index in [-0.39, 0.29) is 24.7 Å². The molecule has 10 unspecified atom stereocenters. The Morgan fingerprint density at radius 1 is 0.879 bits per heavy atom. The van der Waals surface area contributed by atoms with Crippen LogP contribution in [0.15, 0.2) is 16.7 Å². The van der Waals surface area contributed by atoms with Crippen LogP contribution < -0.4 is 4.74 Å². The normalized spacial score (nSPS) is 39.4. The van der Waals surface area contributed by atoms with Crippen LogP contribution >= 0.6 is 0 Å². The van der Waals surface area contributed by atoms with E-state index in [4.69, 9.17) is 23.4 Å². The summed E-state index contributed by atoms with van der Waals surface area (Å²) in [6.07, 6.45) is -10.9. The molecular weight excluding hydrogens is 448 g/mol. The highest BCUT2D eigenvalue weighted by atomic mass is 16.7. The summed E-state index contributed by atoms with van der Waals surface area (Å²) in [5, 5.41) is 69.8. The Balaban J connectivity index is 1.59. The van der Waals surface area contributed by atoms with Crippen LogP contribution in [0, 0.1) is 5.92 Å². The predicted molar refractivity (Wildman–Crippen MR) is 105 cm³/mol. The van der Waals surface area contributed by atoms with E-state index in [2.05, 4.69) is 0 Å². The molecule has 13 nitrogen and oxygen atoms in total. The standard InChI is InChI=1S/C20H30O13/c1-8(23)19-10(2-3-30-19)32-20-18(28)14(24)9(11(4-21)33-20)6-29-7-13-16(26)17(27)15(25)12(5-22)31-13/h2-3,9,11-18,20-22,24-28H,4-7H2,1H3. The topological polar surface area (TPSA) is 209 Å². The Bertz CT molecular complexity index is 765. The molecule has 188 valence electrons. The van der Waals surface area contributed by atoms with Crippen molar-refractivity contribution in [3.05, 3.63) is 18.1 Å². The van der Waals surface area contributed by atoms with Gasteiger partial charge in [0.2, 0.25) is 12.1 Å². The summed E-state index contributed by atoms with van der Waals surface area (Å²) in [4.78, 5) is 11.6. The van der Waals surface area contributed by atoms with E-state index in [1.54, 1.807) is 0 Å². The third kappa shape index (κ3) is 5.54. The van der Waals surface area contributed by atoms with Gasteiger partial charge in [-0.05, 0) is 0 Å². The maximum Gasteiger partial charge on any atom is 0.229 e. The number of hydrogen-bond donors (Lipinski definition) is 7. The summed E-state index contributed by atoms with van der Waals surface area (Å²) in [7, 11) is 0. The molecule has 33 heavy (non-hydrogen) atoms. The van der Waals surface area contributed by atoms with Crippen LogP contribution in [-0.2, 0) is 14.2 Å². The molecule has 2 fully saturated rings. The van der Waals surface area contributed by atoms with Gasteiger partial charge in [-0.25, -0.2) is 0 Å². The monoisotopic (exact) mass is 478 g/mol. The van der Waals surface area contributed by atoms with Gasteiger partial charge in [-0.15, -0.1) is 0 Å². The third-order valence-corrected chi connectivity index (χ3v) is 5.81. The van der Waals surface area contributed by atoms with E-state index in [0.29, 0.717) is 0 Å². The van der Waals surface area contributed by atoms with Crippen LogP contribution in [0.5, 0.6) is 5.75 Å². The quantitative estimate of drug-likeness (QED) is 0.174. The first-order valence-corrected chi connectivity index (χ1v) is 10.4. The lowest BCUT2D eigenvalue weighted by atomic mass is 9.90. The fourth-order valence-corrected chi connectivity index (χ4v) is 3.88. The number of Topliss-reactive ketones (excluding diaryl/α,β-unsaturated/α-hetero) is 1. The molecule has 0 spiro atoms. The maximum absolute atomic E-state index is 11.6. The molecule has 1 aromatic rings. The van der Waals surface area contributed by atoms with E-state index in [1.807, 2.05) is 0 Å². The Morgan fingerprint density at radius 2 is 1.55 bits per heavy atom. The van der Waals surface area contributed by atoms with Gasteiger partial charge in [-0.1, -0.05) is 0 Å². The van der Waals surface area contributed by atoms with E-state index < -0.39 is 80.0 Å². The van der Waals surface area contributed by atoms with Crippen molar-refractivity contribution < 1.29 is 63.9 Å². The average Bonchev–Trinajstić information content (AvgIpc) is 3.26. The zero-order chi connectivity index (χ0) is 24.3. The molecule has 0 saturated carbocycles. The Labute approximate surface area is 188 Å². The number of aliphatic hydroxyl groups excluding tert-OH is 7. The molecule has 0 aromatic carbocycles. The molecule has 0 amide bonds. The van der Waals surface area contributed by atoms with Gasteiger partial charge in [0.1, 0.15) is 36.6 Å². The first kappa shape index (κ1) is 26.0. The molecule has 0 aliphatic carbocycles. The van der Waals surface area contributed by atoms with Crippen molar-refractivity contribution in [2.75, 3.05) is 26.4 Å². The molecule has 2 aliphatic rings. The number of aliphatic hydroxyl groups is 7. The summed E-state index contributed by atoms with van der Waals surface area (Å²) >= 11 is 0. The summed E-state index contributed by atoms with van der Waals surface area (Å²) in [5.41, 5.74) is 0. The molecule has 13 heteroatoms. The van der Waals surface area contributed by atoms with Crippen molar-refractivity contribution in [2.24, 2.45) is 5.92 Å². The largest absolute Gasteiger partial charge is 0.458 e. The second-order valence-corrected chi connectivity index (χ2v) is 8.06. The highest BCUT2D eigenvalue weighted by molar-refractivity contribution is 5.93. The van der Waals surface area contributed by atoms with Crippen molar-refractivity contribution >= 4 is 5.78 Å².